The molecular weight excluding hydrogens is 310 g/mol. The molecule has 1 amide bonds. The van der Waals surface area contributed by atoms with E-state index in [9.17, 15) is 4.79 Å². The zero-order valence-corrected chi connectivity index (χ0v) is 13.1. The van der Waals surface area contributed by atoms with Crippen LogP contribution in [0.5, 0.6) is 0 Å². The molecule has 2 heterocycles. The molecule has 1 aliphatic carbocycles. The Morgan fingerprint density at radius 3 is 2.90 bits per heavy atom. The number of nitrogens with zero attached hydrogens (tertiary/aromatic N) is 1. The summed E-state index contributed by atoms with van der Waals surface area (Å²) in [4.78, 5) is 16.5. The lowest BCUT2D eigenvalue weighted by molar-refractivity contribution is -0.126. The van der Waals surface area contributed by atoms with E-state index in [-0.39, 0.29) is 18.3 Å². The van der Waals surface area contributed by atoms with Crippen LogP contribution in [0.1, 0.15) is 31.4 Å². The maximum atomic E-state index is 12.1. The van der Waals surface area contributed by atoms with Gasteiger partial charge in [0.15, 0.2) is 10.8 Å². The van der Waals surface area contributed by atoms with E-state index in [0.29, 0.717) is 6.54 Å². The number of carbonyl (C=O) groups excluding carboxylic acids is 1. The highest BCUT2D eigenvalue weighted by Gasteiger charge is 2.36. The summed E-state index contributed by atoms with van der Waals surface area (Å²) >= 11 is 1.50. The van der Waals surface area contributed by atoms with Crippen LogP contribution in [0.3, 0.4) is 0 Å². The number of carbonyl (C=O) groups is 1. The number of nitrogens with two attached hydrogens (primary N) is 1. The van der Waals surface area contributed by atoms with Crippen LogP contribution in [0, 0.1) is 0 Å². The van der Waals surface area contributed by atoms with Crippen LogP contribution >= 0.6 is 23.7 Å². The van der Waals surface area contributed by atoms with Gasteiger partial charge in [-0.3, -0.25) is 4.79 Å². The molecular formula is C14H18ClN3O2S. The minimum atomic E-state index is -0.681. The van der Waals surface area contributed by atoms with Crippen LogP contribution in [-0.2, 0) is 11.3 Å². The Labute approximate surface area is 133 Å². The van der Waals surface area contributed by atoms with Crippen molar-refractivity contribution in [2.24, 2.45) is 5.73 Å². The van der Waals surface area contributed by atoms with Crippen LogP contribution < -0.4 is 11.1 Å². The third-order valence-corrected chi connectivity index (χ3v) is 4.57. The fraction of sp³-hybridized carbons (Fsp3) is 0.429. The van der Waals surface area contributed by atoms with Crippen LogP contribution in [0.4, 0.5) is 0 Å². The lowest BCUT2D eigenvalue weighted by atomic mass is 9.98. The molecule has 5 nitrogen and oxygen atoms in total. The summed E-state index contributed by atoms with van der Waals surface area (Å²) in [7, 11) is 0. The average molecular weight is 328 g/mol. The third kappa shape index (κ3) is 3.45. The predicted octanol–water partition coefficient (Wildman–Crippen LogP) is 2.71. The summed E-state index contributed by atoms with van der Waals surface area (Å²) in [5.41, 5.74) is 6.25. The zero-order chi connectivity index (χ0) is 14.0. The number of rotatable bonds is 4. The normalized spacial score (nSPS) is 16.4. The molecule has 0 saturated heterocycles. The topological polar surface area (TPSA) is 81.2 Å². The highest BCUT2D eigenvalue weighted by molar-refractivity contribution is 7.13. The summed E-state index contributed by atoms with van der Waals surface area (Å²) in [6.45, 7) is 0.412. The van der Waals surface area contributed by atoms with Crippen LogP contribution in [-0.4, -0.2) is 16.4 Å². The molecule has 1 aliphatic rings. The first-order valence-electron chi connectivity index (χ1n) is 6.73. The van der Waals surface area contributed by atoms with Crippen molar-refractivity contribution in [1.82, 2.24) is 10.3 Å². The molecule has 0 atom stereocenters. The van der Waals surface area contributed by atoms with Crippen molar-refractivity contribution in [3.05, 3.63) is 29.5 Å². The summed E-state index contributed by atoms with van der Waals surface area (Å²) in [5.74, 6) is 0.682. The number of furan rings is 1. The fourth-order valence-electron chi connectivity index (χ4n) is 2.48. The van der Waals surface area contributed by atoms with Gasteiger partial charge in [0.25, 0.3) is 0 Å². The van der Waals surface area contributed by atoms with E-state index in [1.807, 2.05) is 17.5 Å². The molecule has 1 fully saturated rings. The van der Waals surface area contributed by atoms with Gasteiger partial charge in [-0.2, -0.15) is 0 Å². The van der Waals surface area contributed by atoms with Crippen molar-refractivity contribution in [3.8, 4) is 10.8 Å². The Hall–Kier alpha value is -1.37. The van der Waals surface area contributed by atoms with E-state index >= 15 is 0 Å². The minimum Gasteiger partial charge on any atom is -0.462 e. The molecule has 0 spiro atoms. The molecule has 114 valence electrons. The van der Waals surface area contributed by atoms with Gasteiger partial charge in [-0.05, 0) is 25.0 Å². The quantitative estimate of drug-likeness (QED) is 0.904. The summed E-state index contributed by atoms with van der Waals surface area (Å²) in [5, 5.41) is 5.64. The summed E-state index contributed by atoms with van der Waals surface area (Å²) < 4.78 is 5.30. The predicted molar refractivity (Wildman–Crippen MR) is 84.3 cm³/mol. The van der Waals surface area contributed by atoms with E-state index in [1.54, 1.807) is 6.26 Å². The van der Waals surface area contributed by atoms with Gasteiger partial charge in [-0.1, -0.05) is 12.8 Å². The average Bonchev–Trinajstić information content (AvgIpc) is 3.17. The Morgan fingerprint density at radius 1 is 1.48 bits per heavy atom. The Kier molecular flexibility index (Phi) is 5.03. The first-order valence-corrected chi connectivity index (χ1v) is 7.61. The molecule has 0 unspecified atom stereocenters. The van der Waals surface area contributed by atoms with Crippen molar-refractivity contribution >= 4 is 29.7 Å². The highest BCUT2D eigenvalue weighted by Crippen LogP contribution is 2.27. The van der Waals surface area contributed by atoms with Crippen molar-refractivity contribution in [1.29, 1.82) is 0 Å². The maximum Gasteiger partial charge on any atom is 0.240 e. The molecule has 0 aliphatic heterocycles. The van der Waals surface area contributed by atoms with Crippen molar-refractivity contribution in [2.45, 2.75) is 37.8 Å². The van der Waals surface area contributed by atoms with Gasteiger partial charge in [-0.15, -0.1) is 23.7 Å². The van der Waals surface area contributed by atoms with Crippen molar-refractivity contribution < 1.29 is 9.21 Å². The molecule has 3 N–H and O–H groups in total. The Bertz CT molecular complexity index is 591. The second-order valence-electron chi connectivity index (χ2n) is 5.17. The summed E-state index contributed by atoms with van der Waals surface area (Å²) in [6, 6.07) is 3.70. The van der Waals surface area contributed by atoms with E-state index in [1.165, 1.54) is 11.3 Å². The van der Waals surface area contributed by atoms with E-state index in [0.717, 1.165) is 42.1 Å². The standard InChI is InChI=1S/C14H17N3O2S.ClH/c15-14(5-1-2-6-14)13(18)16-8-10-9-20-12(17-10)11-4-3-7-19-11;/h3-4,7,9H,1-2,5-6,8,15H2,(H,16,18);1H. The molecule has 2 aromatic rings. The monoisotopic (exact) mass is 327 g/mol. The maximum absolute atomic E-state index is 12.1. The number of nitrogens with one attached hydrogen (secondary N) is 1. The van der Waals surface area contributed by atoms with E-state index in [2.05, 4.69) is 10.3 Å². The van der Waals surface area contributed by atoms with Gasteiger partial charge < -0.3 is 15.5 Å². The van der Waals surface area contributed by atoms with Crippen molar-refractivity contribution in [3.63, 3.8) is 0 Å². The number of hydrogen-bond donors (Lipinski definition) is 2. The van der Waals surface area contributed by atoms with Gasteiger partial charge in [0, 0.05) is 5.38 Å². The minimum absolute atomic E-state index is 0. The van der Waals surface area contributed by atoms with Gasteiger partial charge in [-0.25, -0.2) is 4.98 Å². The molecule has 2 aromatic heterocycles. The molecule has 0 radical (unpaired) electrons. The van der Waals surface area contributed by atoms with Gasteiger partial charge >= 0.3 is 0 Å². The molecule has 3 rings (SSSR count). The number of thiazole rings is 1. The zero-order valence-electron chi connectivity index (χ0n) is 11.5. The second-order valence-corrected chi connectivity index (χ2v) is 6.03. The SMILES string of the molecule is Cl.NC1(C(=O)NCc2csc(-c3ccco3)n2)CCCC1. The largest absolute Gasteiger partial charge is 0.462 e. The van der Waals surface area contributed by atoms with E-state index < -0.39 is 5.54 Å². The van der Waals surface area contributed by atoms with Crippen LogP contribution in [0.25, 0.3) is 10.8 Å². The number of amides is 1. The fourth-order valence-corrected chi connectivity index (χ4v) is 3.27. The van der Waals surface area contributed by atoms with Gasteiger partial charge in [0.1, 0.15) is 0 Å². The first kappa shape index (κ1) is 16.0. The third-order valence-electron chi connectivity index (χ3n) is 3.66. The van der Waals surface area contributed by atoms with Gasteiger partial charge in [0.05, 0.1) is 24.0 Å². The molecule has 7 heteroatoms. The van der Waals surface area contributed by atoms with E-state index in [4.69, 9.17) is 10.2 Å². The summed E-state index contributed by atoms with van der Waals surface area (Å²) in [6.07, 6.45) is 5.23. The smallest absolute Gasteiger partial charge is 0.240 e. The molecule has 0 aromatic carbocycles. The van der Waals surface area contributed by atoms with Gasteiger partial charge in [0.2, 0.25) is 5.91 Å². The second kappa shape index (κ2) is 6.60. The Balaban J connectivity index is 0.00000161. The number of hydrogen-bond acceptors (Lipinski definition) is 5. The first-order chi connectivity index (χ1) is 9.67. The molecule has 0 bridgehead atoms. The lowest BCUT2D eigenvalue weighted by Crippen LogP contribution is -2.51. The highest BCUT2D eigenvalue weighted by atomic mass is 35.5. The number of halogens is 1. The van der Waals surface area contributed by atoms with Crippen LogP contribution in [0.15, 0.2) is 28.2 Å². The van der Waals surface area contributed by atoms with Crippen molar-refractivity contribution in [2.75, 3.05) is 0 Å². The molecule has 1 saturated carbocycles. The number of aromatic nitrogens is 1. The van der Waals surface area contributed by atoms with Crippen LogP contribution in [0.2, 0.25) is 0 Å². The molecule has 21 heavy (non-hydrogen) atoms. The Morgan fingerprint density at radius 2 is 2.24 bits per heavy atom. The lowest BCUT2D eigenvalue weighted by Gasteiger charge is -2.21.